The van der Waals surface area contributed by atoms with Crippen LogP contribution in [0.3, 0.4) is 0 Å². The molecule has 1 aromatic heterocycles. The summed E-state index contributed by atoms with van der Waals surface area (Å²) in [4.78, 5) is 36.9. The highest BCUT2D eigenvalue weighted by Crippen LogP contribution is 2.11. The predicted molar refractivity (Wildman–Crippen MR) is 60.2 cm³/mol. The number of carboxylic acids is 1. The van der Waals surface area contributed by atoms with Crippen LogP contribution in [0.15, 0.2) is 29.1 Å². The minimum absolute atomic E-state index is 0.211. The maximum atomic E-state index is 12.0. The third-order valence-corrected chi connectivity index (χ3v) is 2.50. The topological polar surface area (TPSA) is 99.3 Å². The van der Waals surface area contributed by atoms with Crippen molar-refractivity contribution in [3.8, 4) is 0 Å². The Morgan fingerprint density at radius 3 is 2.56 bits per heavy atom. The summed E-state index contributed by atoms with van der Waals surface area (Å²) in [6.45, 7) is 0. The van der Waals surface area contributed by atoms with E-state index in [0.29, 0.717) is 5.52 Å². The maximum absolute atomic E-state index is 12.0. The Morgan fingerprint density at radius 2 is 1.94 bits per heavy atom. The lowest BCUT2D eigenvalue weighted by molar-refractivity contribution is -0.255. The van der Waals surface area contributed by atoms with Crippen LogP contribution >= 0.6 is 0 Å². The number of hydrogen-bond acceptors (Lipinski definition) is 5. The molecule has 0 atom stereocenters. The number of esters is 1. The van der Waals surface area contributed by atoms with Gasteiger partial charge >= 0.3 is 5.97 Å². The molecule has 92 valence electrons. The third-order valence-electron chi connectivity index (χ3n) is 2.50. The Hall–Kier alpha value is -2.63. The van der Waals surface area contributed by atoms with E-state index in [1.165, 1.54) is 12.1 Å². The number of hydrogen-bond donors (Lipinski definition) is 1. The van der Waals surface area contributed by atoms with Crippen LogP contribution in [0.1, 0.15) is 20.8 Å². The lowest BCUT2D eigenvalue weighted by Gasteiger charge is -2.10. The van der Waals surface area contributed by atoms with Crippen LogP contribution < -0.4 is 10.5 Å². The van der Waals surface area contributed by atoms with Crippen LogP contribution in [0.5, 0.6) is 0 Å². The molecule has 0 fully saturated rings. The van der Waals surface area contributed by atoms with Crippen molar-refractivity contribution in [1.29, 1.82) is 0 Å². The summed E-state index contributed by atoms with van der Waals surface area (Å²) in [6.07, 6.45) is 0. The normalized spacial score (nSPS) is 10.3. The van der Waals surface area contributed by atoms with Gasteiger partial charge in [-0.3, -0.25) is 4.79 Å². The zero-order valence-electron chi connectivity index (χ0n) is 9.35. The van der Waals surface area contributed by atoms with Gasteiger partial charge in [0.1, 0.15) is 5.56 Å². The van der Waals surface area contributed by atoms with Gasteiger partial charge in [-0.05, 0) is 12.1 Å². The number of H-pyrrole nitrogens is 1. The van der Waals surface area contributed by atoms with E-state index in [2.05, 4.69) is 9.72 Å². The van der Waals surface area contributed by atoms with Gasteiger partial charge in [-0.2, -0.15) is 0 Å². The van der Waals surface area contributed by atoms with E-state index in [1.54, 1.807) is 12.1 Å². The van der Waals surface area contributed by atoms with Gasteiger partial charge < -0.3 is 19.6 Å². The van der Waals surface area contributed by atoms with Gasteiger partial charge in [-0.25, -0.2) is 4.79 Å². The Kier molecular flexibility index (Phi) is 2.85. The summed E-state index contributed by atoms with van der Waals surface area (Å²) in [5.74, 6) is -2.65. The van der Waals surface area contributed by atoms with Gasteiger partial charge in [-0.15, -0.1) is 0 Å². The molecule has 2 rings (SSSR count). The molecule has 0 spiro atoms. The first-order chi connectivity index (χ1) is 8.56. The molecule has 18 heavy (non-hydrogen) atoms. The fourth-order valence-electron chi connectivity index (χ4n) is 1.69. The zero-order valence-corrected chi connectivity index (χ0v) is 9.35. The van der Waals surface area contributed by atoms with Gasteiger partial charge in [0.2, 0.25) is 5.43 Å². The van der Waals surface area contributed by atoms with E-state index in [1.807, 2.05) is 0 Å². The first-order valence-electron chi connectivity index (χ1n) is 5.01. The molecular weight excluding hydrogens is 238 g/mol. The highest BCUT2D eigenvalue weighted by atomic mass is 16.5. The number of ether oxygens (including phenoxy) is 1. The number of para-hydroxylation sites is 1. The zero-order chi connectivity index (χ0) is 13.3. The van der Waals surface area contributed by atoms with Crippen molar-refractivity contribution in [1.82, 2.24) is 4.98 Å². The Bertz CT molecular complexity index is 701. The Labute approximate surface area is 101 Å². The SMILES string of the molecule is COC(=O)c1c(C(=O)[O-])[nH]c2ccccc2c1=O. The molecule has 0 aliphatic carbocycles. The summed E-state index contributed by atoms with van der Waals surface area (Å²) in [7, 11) is 1.07. The third kappa shape index (κ3) is 1.73. The molecule has 0 aliphatic rings. The van der Waals surface area contributed by atoms with E-state index in [4.69, 9.17) is 0 Å². The maximum Gasteiger partial charge on any atom is 0.344 e. The lowest BCUT2D eigenvalue weighted by atomic mass is 10.1. The first-order valence-corrected chi connectivity index (χ1v) is 5.01. The molecule has 1 heterocycles. The van der Waals surface area contributed by atoms with Crippen LogP contribution in [0, 0.1) is 0 Å². The van der Waals surface area contributed by atoms with E-state index in [9.17, 15) is 19.5 Å². The molecule has 0 saturated carbocycles. The largest absolute Gasteiger partial charge is 0.543 e. The first kappa shape index (κ1) is 11.8. The highest BCUT2D eigenvalue weighted by molar-refractivity contribution is 6.03. The van der Waals surface area contributed by atoms with E-state index < -0.39 is 28.6 Å². The number of aromatic carboxylic acids is 1. The monoisotopic (exact) mass is 246 g/mol. The molecule has 0 radical (unpaired) electrons. The number of rotatable bonds is 2. The Balaban J connectivity index is 2.93. The second kappa shape index (κ2) is 4.33. The fraction of sp³-hybridized carbons (Fsp3) is 0.0833. The second-order valence-corrected chi connectivity index (χ2v) is 3.53. The van der Waals surface area contributed by atoms with Crippen LogP contribution in [-0.2, 0) is 4.74 Å². The van der Waals surface area contributed by atoms with Crippen LogP contribution in [0.4, 0.5) is 0 Å². The lowest BCUT2D eigenvalue weighted by Crippen LogP contribution is -2.31. The Morgan fingerprint density at radius 1 is 1.28 bits per heavy atom. The number of methoxy groups -OCH3 is 1. The average molecular weight is 246 g/mol. The number of pyridine rings is 1. The average Bonchev–Trinajstić information content (AvgIpc) is 2.37. The molecule has 0 aliphatic heterocycles. The predicted octanol–water partition coefficient (Wildman–Crippen LogP) is -0.322. The molecule has 2 aromatic rings. The minimum atomic E-state index is -1.64. The van der Waals surface area contributed by atoms with Gasteiger partial charge in [0.25, 0.3) is 0 Å². The molecule has 1 aromatic carbocycles. The minimum Gasteiger partial charge on any atom is -0.543 e. The number of aromatic amines is 1. The van der Waals surface area contributed by atoms with E-state index >= 15 is 0 Å². The summed E-state index contributed by atoms with van der Waals surface area (Å²) >= 11 is 0. The molecule has 6 heteroatoms. The number of carbonyl (C=O) groups is 2. The van der Waals surface area contributed by atoms with Crippen molar-refractivity contribution >= 4 is 22.8 Å². The molecule has 0 unspecified atom stereocenters. The van der Waals surface area contributed by atoms with Gasteiger partial charge in [0, 0.05) is 10.9 Å². The number of fused-ring (bicyclic) bond motifs is 1. The van der Waals surface area contributed by atoms with Gasteiger partial charge in [0.15, 0.2) is 0 Å². The summed E-state index contributed by atoms with van der Waals surface area (Å²) in [5.41, 5.74) is -1.52. The summed E-state index contributed by atoms with van der Waals surface area (Å²) in [6, 6.07) is 6.26. The number of carboxylic acid groups (broad SMARTS) is 1. The number of carbonyl (C=O) groups excluding carboxylic acids is 2. The molecule has 0 amide bonds. The van der Waals surface area contributed by atoms with Crippen molar-refractivity contribution in [3.05, 3.63) is 45.7 Å². The van der Waals surface area contributed by atoms with Crippen molar-refractivity contribution in [2.75, 3.05) is 7.11 Å². The highest BCUT2D eigenvalue weighted by Gasteiger charge is 2.19. The molecule has 0 saturated heterocycles. The number of aromatic nitrogens is 1. The fourth-order valence-corrected chi connectivity index (χ4v) is 1.69. The summed E-state index contributed by atoms with van der Waals surface area (Å²) in [5, 5.41) is 11.2. The van der Waals surface area contributed by atoms with Crippen LogP contribution in [-0.4, -0.2) is 24.0 Å². The molecule has 0 bridgehead atoms. The standard InChI is InChI=1S/C12H9NO5/c1-18-12(17)8-9(11(15)16)13-7-5-3-2-4-6(7)10(8)14/h2-5H,1H3,(H,13,14)(H,15,16)/p-1. The van der Waals surface area contributed by atoms with Gasteiger partial charge in [0.05, 0.1) is 18.8 Å². The number of nitrogens with one attached hydrogen (secondary N) is 1. The second-order valence-electron chi connectivity index (χ2n) is 3.53. The van der Waals surface area contributed by atoms with Crippen LogP contribution in [0.25, 0.3) is 10.9 Å². The smallest absolute Gasteiger partial charge is 0.344 e. The van der Waals surface area contributed by atoms with Crippen molar-refractivity contribution in [2.24, 2.45) is 0 Å². The quantitative estimate of drug-likeness (QED) is 0.732. The van der Waals surface area contributed by atoms with Gasteiger partial charge in [-0.1, -0.05) is 12.1 Å². The van der Waals surface area contributed by atoms with Crippen molar-refractivity contribution < 1.29 is 19.4 Å². The van der Waals surface area contributed by atoms with Crippen LogP contribution in [0.2, 0.25) is 0 Å². The number of benzene rings is 1. The van der Waals surface area contributed by atoms with Crippen molar-refractivity contribution in [2.45, 2.75) is 0 Å². The molecule has 6 nitrogen and oxygen atoms in total. The van der Waals surface area contributed by atoms with E-state index in [-0.39, 0.29) is 5.39 Å². The summed E-state index contributed by atoms with van der Waals surface area (Å²) < 4.78 is 4.41. The molecular formula is C12H8NO5-. The van der Waals surface area contributed by atoms with E-state index in [0.717, 1.165) is 7.11 Å². The van der Waals surface area contributed by atoms with Crippen molar-refractivity contribution in [3.63, 3.8) is 0 Å². The molecule has 1 N–H and O–H groups in total.